The fourth-order valence-electron chi connectivity index (χ4n) is 6.00. The third-order valence-corrected chi connectivity index (χ3v) is 12.7. The molecule has 0 N–H and O–H groups in total. The predicted molar refractivity (Wildman–Crippen MR) is 155 cm³/mol. The van der Waals surface area contributed by atoms with Gasteiger partial charge in [-0.05, 0) is 42.6 Å². The van der Waals surface area contributed by atoms with Crippen LogP contribution in [0.3, 0.4) is 0 Å². The standard InChI is InChI=1S/C31H42F2N2O4Si/c1-29(2,3)38-28(37)34-21-23(20-31(32,33)22-34)35-18-17-24(19-27(35)36)39-40(30(4,5)6,25-13-9-7-10-14-25)26-15-11-8-12-16-26/h7-16,23-24H,17-22H2,1-6H3/t23-,24?/m1/s1. The lowest BCUT2D eigenvalue weighted by Crippen LogP contribution is -2.68. The maximum Gasteiger partial charge on any atom is 0.410 e. The Hall–Kier alpha value is -2.78. The van der Waals surface area contributed by atoms with Crippen LogP contribution in [0.1, 0.15) is 60.8 Å². The Morgan fingerprint density at radius 1 is 0.950 bits per heavy atom. The van der Waals surface area contributed by atoms with E-state index in [9.17, 15) is 18.4 Å². The number of alkyl halides is 2. The summed E-state index contributed by atoms with van der Waals surface area (Å²) in [5.41, 5.74) is -0.800. The number of hydrogen-bond donors (Lipinski definition) is 0. The van der Waals surface area contributed by atoms with Crippen LogP contribution in [0.2, 0.25) is 5.04 Å². The molecule has 218 valence electrons. The first-order valence-corrected chi connectivity index (χ1v) is 16.0. The average molecular weight is 573 g/mol. The molecular formula is C31H42F2N2O4Si. The second-order valence-electron chi connectivity index (χ2n) is 13.1. The Bertz CT molecular complexity index is 1140. The number of ether oxygens (including phenoxy) is 1. The van der Waals surface area contributed by atoms with Crippen LogP contribution in [0.25, 0.3) is 0 Å². The van der Waals surface area contributed by atoms with Crippen molar-refractivity contribution in [3.63, 3.8) is 0 Å². The third-order valence-electron chi connectivity index (χ3n) is 7.65. The number of hydrogen-bond acceptors (Lipinski definition) is 4. The quantitative estimate of drug-likeness (QED) is 0.463. The number of nitrogens with zero attached hydrogens (tertiary/aromatic N) is 2. The van der Waals surface area contributed by atoms with Crippen molar-refractivity contribution in [2.75, 3.05) is 19.6 Å². The van der Waals surface area contributed by atoms with E-state index in [1.165, 1.54) is 4.90 Å². The molecular weight excluding hydrogens is 530 g/mol. The lowest BCUT2D eigenvalue weighted by molar-refractivity contribution is -0.147. The SMILES string of the molecule is CC(C)(C)OC(=O)N1C[C@H](N2CCC(O[Si](c3ccccc3)(c3ccccc3)C(C)(C)C)CC2=O)CC(F)(F)C1. The Morgan fingerprint density at radius 3 is 1.98 bits per heavy atom. The van der Waals surface area contributed by atoms with Gasteiger partial charge in [0.05, 0.1) is 25.1 Å². The molecule has 2 aliphatic rings. The number of likely N-dealkylation sites (tertiary alicyclic amines) is 2. The van der Waals surface area contributed by atoms with E-state index >= 15 is 0 Å². The summed E-state index contributed by atoms with van der Waals surface area (Å²) in [6.45, 7) is 11.3. The summed E-state index contributed by atoms with van der Waals surface area (Å²) in [6, 6.07) is 19.7. The Morgan fingerprint density at radius 2 is 1.50 bits per heavy atom. The normalized spacial score (nSPS) is 22.2. The van der Waals surface area contributed by atoms with E-state index in [2.05, 4.69) is 45.0 Å². The van der Waals surface area contributed by atoms with Gasteiger partial charge in [0.2, 0.25) is 5.91 Å². The van der Waals surface area contributed by atoms with Gasteiger partial charge in [-0.1, -0.05) is 81.4 Å². The highest BCUT2D eigenvalue weighted by Gasteiger charge is 2.53. The first-order chi connectivity index (χ1) is 18.6. The summed E-state index contributed by atoms with van der Waals surface area (Å²) in [6.07, 6.45) is -0.961. The number of benzene rings is 2. The Kier molecular flexibility index (Phi) is 8.48. The van der Waals surface area contributed by atoms with E-state index in [0.29, 0.717) is 13.0 Å². The molecule has 0 spiro atoms. The molecule has 2 aromatic carbocycles. The molecule has 0 radical (unpaired) electrons. The molecule has 6 nitrogen and oxygen atoms in total. The van der Waals surface area contributed by atoms with Gasteiger partial charge in [-0.2, -0.15) is 0 Å². The monoisotopic (exact) mass is 572 g/mol. The van der Waals surface area contributed by atoms with Crippen LogP contribution < -0.4 is 10.4 Å². The minimum atomic E-state index is -3.11. The summed E-state index contributed by atoms with van der Waals surface area (Å²) in [5, 5.41) is 2.02. The molecule has 2 saturated heterocycles. The number of amides is 2. The zero-order valence-electron chi connectivity index (χ0n) is 24.5. The largest absolute Gasteiger partial charge is 0.444 e. The molecule has 2 amide bonds. The van der Waals surface area contributed by atoms with Crippen molar-refractivity contribution in [1.82, 2.24) is 9.80 Å². The smallest absolute Gasteiger partial charge is 0.410 e. The molecule has 4 rings (SSSR count). The van der Waals surface area contributed by atoms with E-state index in [4.69, 9.17) is 9.16 Å². The average Bonchev–Trinajstić information content (AvgIpc) is 2.85. The van der Waals surface area contributed by atoms with Crippen LogP contribution >= 0.6 is 0 Å². The van der Waals surface area contributed by atoms with Gasteiger partial charge in [0.25, 0.3) is 14.2 Å². The van der Waals surface area contributed by atoms with Crippen molar-refractivity contribution in [2.45, 2.75) is 89.5 Å². The summed E-state index contributed by atoms with van der Waals surface area (Å²) in [7, 11) is -2.86. The molecule has 2 aromatic rings. The second-order valence-corrected chi connectivity index (χ2v) is 17.3. The van der Waals surface area contributed by atoms with Crippen molar-refractivity contribution < 1.29 is 27.5 Å². The molecule has 0 aromatic heterocycles. The van der Waals surface area contributed by atoms with E-state index in [0.717, 1.165) is 15.3 Å². The topological polar surface area (TPSA) is 59.1 Å². The predicted octanol–water partition coefficient (Wildman–Crippen LogP) is 5.20. The van der Waals surface area contributed by atoms with Crippen molar-refractivity contribution >= 4 is 30.7 Å². The van der Waals surface area contributed by atoms with Crippen LogP contribution in [-0.2, 0) is 14.0 Å². The van der Waals surface area contributed by atoms with Gasteiger partial charge in [-0.25, -0.2) is 13.6 Å². The number of halogens is 2. The molecule has 0 bridgehead atoms. The Labute approximate surface area is 237 Å². The molecule has 0 aliphatic carbocycles. The van der Waals surface area contributed by atoms with Gasteiger partial charge in [-0.3, -0.25) is 4.79 Å². The molecule has 2 fully saturated rings. The third kappa shape index (κ3) is 6.57. The van der Waals surface area contributed by atoms with Crippen molar-refractivity contribution in [3.05, 3.63) is 60.7 Å². The zero-order valence-corrected chi connectivity index (χ0v) is 25.5. The number of carbonyl (C=O) groups excluding carboxylic acids is 2. The molecule has 1 unspecified atom stereocenters. The summed E-state index contributed by atoms with van der Waals surface area (Å²) in [4.78, 5) is 28.7. The van der Waals surface area contributed by atoms with E-state index in [1.807, 2.05) is 36.4 Å². The van der Waals surface area contributed by atoms with E-state index in [1.54, 1.807) is 20.8 Å². The van der Waals surface area contributed by atoms with Crippen LogP contribution in [0.5, 0.6) is 0 Å². The minimum Gasteiger partial charge on any atom is -0.444 e. The van der Waals surface area contributed by atoms with Gasteiger partial charge in [-0.15, -0.1) is 0 Å². The van der Waals surface area contributed by atoms with E-state index in [-0.39, 0.29) is 30.0 Å². The fourth-order valence-corrected chi connectivity index (χ4v) is 10.7. The molecule has 9 heteroatoms. The Balaban J connectivity index is 1.56. The van der Waals surface area contributed by atoms with Crippen LogP contribution in [0.15, 0.2) is 60.7 Å². The van der Waals surface area contributed by atoms with Crippen molar-refractivity contribution in [1.29, 1.82) is 0 Å². The van der Waals surface area contributed by atoms with Crippen molar-refractivity contribution in [3.8, 4) is 0 Å². The van der Waals surface area contributed by atoms with Crippen LogP contribution in [-0.4, -0.2) is 73.4 Å². The van der Waals surface area contributed by atoms with Gasteiger partial charge in [0, 0.05) is 19.5 Å². The summed E-state index contributed by atoms with van der Waals surface area (Å²) >= 11 is 0. The number of piperidine rings is 2. The molecule has 40 heavy (non-hydrogen) atoms. The highest BCUT2D eigenvalue weighted by Crippen LogP contribution is 2.39. The molecule has 2 heterocycles. The lowest BCUT2D eigenvalue weighted by atomic mass is 9.97. The second kappa shape index (κ2) is 11.2. The van der Waals surface area contributed by atoms with E-state index < -0.39 is 44.9 Å². The van der Waals surface area contributed by atoms with Gasteiger partial charge in [0.1, 0.15) is 5.60 Å². The maximum atomic E-state index is 14.8. The highest BCUT2D eigenvalue weighted by molar-refractivity contribution is 6.99. The zero-order chi connectivity index (χ0) is 29.3. The molecule has 2 aliphatic heterocycles. The van der Waals surface area contributed by atoms with Crippen LogP contribution in [0.4, 0.5) is 13.6 Å². The lowest BCUT2D eigenvalue weighted by Gasteiger charge is -2.48. The molecule has 2 atom stereocenters. The first kappa shape index (κ1) is 30.2. The maximum absolute atomic E-state index is 14.8. The summed E-state index contributed by atoms with van der Waals surface area (Å²) < 4.78 is 42.0. The summed E-state index contributed by atoms with van der Waals surface area (Å²) in [5.74, 6) is -3.33. The molecule has 0 saturated carbocycles. The highest BCUT2D eigenvalue weighted by atomic mass is 28.4. The fraction of sp³-hybridized carbons (Fsp3) is 0.548. The van der Waals surface area contributed by atoms with Gasteiger partial charge in [0.15, 0.2) is 0 Å². The van der Waals surface area contributed by atoms with Gasteiger partial charge >= 0.3 is 6.09 Å². The number of rotatable bonds is 5. The van der Waals surface area contributed by atoms with Crippen molar-refractivity contribution in [2.24, 2.45) is 0 Å². The number of carbonyl (C=O) groups is 2. The van der Waals surface area contributed by atoms with Gasteiger partial charge < -0.3 is 19.0 Å². The van der Waals surface area contributed by atoms with Crippen LogP contribution in [0, 0.1) is 0 Å². The minimum absolute atomic E-state index is 0.0243. The first-order valence-electron chi connectivity index (χ1n) is 14.1.